The van der Waals surface area contributed by atoms with Gasteiger partial charge in [0.2, 0.25) is 11.5 Å². The maximum atomic E-state index is 12.4. The molecule has 0 radical (unpaired) electrons. The zero-order valence-corrected chi connectivity index (χ0v) is 14.6. The van der Waals surface area contributed by atoms with Gasteiger partial charge in [-0.25, -0.2) is 0 Å². The first-order valence-electron chi connectivity index (χ1n) is 8.42. The SMILES string of the molecule is COCc1cc(=O)[nH]c2cc(NC(=O)Cc3noc4ccccc34)ccc12. The Morgan fingerprint density at radius 3 is 2.89 bits per heavy atom. The van der Waals surface area contributed by atoms with Crippen LogP contribution in [0.4, 0.5) is 5.69 Å². The van der Waals surface area contributed by atoms with Crippen LogP contribution in [0.25, 0.3) is 21.9 Å². The number of aromatic amines is 1. The minimum Gasteiger partial charge on any atom is -0.380 e. The summed E-state index contributed by atoms with van der Waals surface area (Å²) in [7, 11) is 1.58. The Kier molecular flexibility index (Phi) is 4.43. The lowest BCUT2D eigenvalue weighted by Gasteiger charge is -2.08. The topological polar surface area (TPSA) is 97.2 Å². The molecule has 0 saturated carbocycles. The second-order valence-electron chi connectivity index (χ2n) is 6.20. The minimum atomic E-state index is -0.219. The predicted molar refractivity (Wildman–Crippen MR) is 102 cm³/mol. The first kappa shape index (κ1) is 17.0. The van der Waals surface area contributed by atoms with E-state index in [4.69, 9.17) is 9.26 Å². The molecular formula is C20H17N3O4. The van der Waals surface area contributed by atoms with Gasteiger partial charge >= 0.3 is 0 Å². The van der Waals surface area contributed by atoms with Crippen LogP contribution >= 0.6 is 0 Å². The number of anilines is 1. The lowest BCUT2D eigenvalue weighted by Crippen LogP contribution is -2.15. The number of carbonyl (C=O) groups excluding carboxylic acids is 1. The number of nitrogens with zero attached hydrogens (tertiary/aromatic N) is 1. The molecule has 7 heteroatoms. The molecular weight excluding hydrogens is 346 g/mol. The van der Waals surface area contributed by atoms with E-state index in [0.717, 1.165) is 16.3 Å². The van der Waals surface area contributed by atoms with Crippen molar-refractivity contribution in [2.75, 3.05) is 12.4 Å². The van der Waals surface area contributed by atoms with Crippen LogP contribution in [0.3, 0.4) is 0 Å². The Morgan fingerprint density at radius 1 is 1.19 bits per heavy atom. The van der Waals surface area contributed by atoms with E-state index in [1.807, 2.05) is 24.3 Å². The fourth-order valence-electron chi connectivity index (χ4n) is 3.11. The van der Waals surface area contributed by atoms with Gasteiger partial charge in [-0.2, -0.15) is 0 Å². The van der Waals surface area contributed by atoms with Crippen LogP contribution in [-0.4, -0.2) is 23.2 Å². The monoisotopic (exact) mass is 363 g/mol. The summed E-state index contributed by atoms with van der Waals surface area (Å²) in [5.74, 6) is -0.219. The van der Waals surface area contributed by atoms with Crippen LogP contribution in [0.15, 0.2) is 57.8 Å². The van der Waals surface area contributed by atoms with E-state index >= 15 is 0 Å². The zero-order chi connectivity index (χ0) is 18.8. The number of aromatic nitrogens is 2. The predicted octanol–water partition coefficient (Wildman–Crippen LogP) is 3.00. The molecule has 0 aliphatic rings. The van der Waals surface area contributed by atoms with E-state index in [0.29, 0.717) is 29.1 Å². The summed E-state index contributed by atoms with van der Waals surface area (Å²) in [6.45, 7) is 0.339. The van der Waals surface area contributed by atoms with Crippen molar-refractivity contribution in [3.8, 4) is 0 Å². The van der Waals surface area contributed by atoms with Gasteiger partial charge < -0.3 is 19.6 Å². The van der Waals surface area contributed by atoms with Crippen LogP contribution in [0.1, 0.15) is 11.3 Å². The molecule has 4 rings (SSSR count). The summed E-state index contributed by atoms with van der Waals surface area (Å²) in [5.41, 5.74) is 3.04. The number of methoxy groups -OCH3 is 1. The lowest BCUT2D eigenvalue weighted by molar-refractivity contribution is -0.115. The third kappa shape index (κ3) is 3.45. The largest absolute Gasteiger partial charge is 0.380 e. The molecule has 2 aromatic carbocycles. The third-order valence-corrected chi connectivity index (χ3v) is 4.29. The van der Waals surface area contributed by atoms with Crippen molar-refractivity contribution in [2.24, 2.45) is 0 Å². The number of ether oxygens (including phenoxy) is 1. The number of hydrogen-bond donors (Lipinski definition) is 2. The summed E-state index contributed by atoms with van der Waals surface area (Å²) >= 11 is 0. The number of para-hydroxylation sites is 1. The van der Waals surface area contributed by atoms with Gasteiger partial charge in [0, 0.05) is 29.6 Å². The van der Waals surface area contributed by atoms with Crippen LogP contribution in [0.5, 0.6) is 0 Å². The minimum absolute atomic E-state index is 0.0925. The van der Waals surface area contributed by atoms with Crippen molar-refractivity contribution in [1.82, 2.24) is 10.1 Å². The normalized spacial score (nSPS) is 11.1. The van der Waals surface area contributed by atoms with Gasteiger partial charge in [0.05, 0.1) is 18.5 Å². The van der Waals surface area contributed by atoms with Crippen molar-refractivity contribution in [3.63, 3.8) is 0 Å². The second-order valence-corrected chi connectivity index (χ2v) is 6.20. The number of pyridine rings is 1. The lowest BCUT2D eigenvalue weighted by atomic mass is 10.1. The fourth-order valence-corrected chi connectivity index (χ4v) is 3.11. The highest BCUT2D eigenvalue weighted by Gasteiger charge is 2.13. The maximum absolute atomic E-state index is 12.4. The van der Waals surface area contributed by atoms with Crippen LogP contribution in [0.2, 0.25) is 0 Å². The van der Waals surface area contributed by atoms with Crippen molar-refractivity contribution < 1.29 is 14.1 Å². The highest BCUT2D eigenvalue weighted by atomic mass is 16.5. The molecule has 136 valence electrons. The number of carbonyl (C=O) groups is 1. The molecule has 2 heterocycles. The smallest absolute Gasteiger partial charge is 0.248 e. The highest BCUT2D eigenvalue weighted by Crippen LogP contribution is 2.21. The highest BCUT2D eigenvalue weighted by molar-refractivity contribution is 5.96. The van der Waals surface area contributed by atoms with Crippen LogP contribution in [-0.2, 0) is 22.6 Å². The van der Waals surface area contributed by atoms with Crippen LogP contribution < -0.4 is 10.9 Å². The van der Waals surface area contributed by atoms with E-state index < -0.39 is 0 Å². The third-order valence-electron chi connectivity index (χ3n) is 4.29. The molecule has 1 amide bonds. The van der Waals surface area contributed by atoms with Crippen molar-refractivity contribution in [2.45, 2.75) is 13.0 Å². The quantitative estimate of drug-likeness (QED) is 0.568. The van der Waals surface area contributed by atoms with E-state index in [9.17, 15) is 9.59 Å². The van der Waals surface area contributed by atoms with Crippen LogP contribution in [0, 0.1) is 0 Å². The zero-order valence-electron chi connectivity index (χ0n) is 14.6. The van der Waals surface area contributed by atoms with E-state index in [2.05, 4.69) is 15.5 Å². The summed E-state index contributed by atoms with van der Waals surface area (Å²) in [5, 5.41) is 8.50. The number of H-pyrrole nitrogens is 1. The molecule has 0 atom stereocenters. The molecule has 0 fully saturated rings. The first-order chi connectivity index (χ1) is 13.1. The average Bonchev–Trinajstić information content (AvgIpc) is 3.04. The van der Waals surface area contributed by atoms with E-state index in [1.54, 1.807) is 25.3 Å². The second kappa shape index (κ2) is 7.05. The van der Waals surface area contributed by atoms with Gasteiger partial charge in [0.1, 0.15) is 5.69 Å². The molecule has 2 N–H and O–H groups in total. The Balaban J connectivity index is 1.57. The molecule has 27 heavy (non-hydrogen) atoms. The first-order valence-corrected chi connectivity index (χ1v) is 8.42. The van der Waals surface area contributed by atoms with E-state index in [1.165, 1.54) is 6.07 Å². The standard InChI is InChI=1S/C20H17N3O4/c1-26-11-12-8-19(24)22-16-9-13(6-7-14(12)16)21-20(25)10-17-15-4-2-3-5-18(15)27-23-17/h2-9H,10-11H2,1H3,(H,21,25)(H,22,24). The molecule has 0 aliphatic heterocycles. The van der Waals surface area contributed by atoms with Crippen molar-refractivity contribution in [3.05, 3.63) is 70.1 Å². The molecule has 0 spiro atoms. The molecule has 0 bridgehead atoms. The summed E-state index contributed by atoms with van der Waals surface area (Å²) < 4.78 is 10.4. The van der Waals surface area contributed by atoms with E-state index in [-0.39, 0.29) is 17.9 Å². The van der Waals surface area contributed by atoms with Gasteiger partial charge in [-0.3, -0.25) is 9.59 Å². The van der Waals surface area contributed by atoms with Gasteiger partial charge in [-0.1, -0.05) is 23.4 Å². The maximum Gasteiger partial charge on any atom is 0.248 e. The number of rotatable bonds is 5. The molecule has 7 nitrogen and oxygen atoms in total. The van der Waals surface area contributed by atoms with Crippen molar-refractivity contribution in [1.29, 1.82) is 0 Å². The van der Waals surface area contributed by atoms with Gasteiger partial charge in [-0.05, 0) is 29.8 Å². The molecule has 0 saturated heterocycles. The van der Waals surface area contributed by atoms with Gasteiger partial charge in [0.25, 0.3) is 0 Å². The van der Waals surface area contributed by atoms with Gasteiger partial charge in [-0.15, -0.1) is 0 Å². The number of amides is 1. The molecule has 2 aromatic heterocycles. The number of fused-ring (bicyclic) bond motifs is 2. The summed E-state index contributed by atoms with van der Waals surface area (Å²) in [4.78, 5) is 27.0. The van der Waals surface area contributed by atoms with Crippen molar-refractivity contribution >= 4 is 33.5 Å². The Hall–Kier alpha value is -3.45. The number of nitrogens with one attached hydrogen (secondary N) is 2. The molecule has 0 aliphatic carbocycles. The van der Waals surface area contributed by atoms with Gasteiger partial charge in [0.15, 0.2) is 5.58 Å². The average molecular weight is 363 g/mol. The Bertz CT molecular complexity index is 1190. The fraction of sp³-hybridized carbons (Fsp3) is 0.150. The number of benzene rings is 2. The Morgan fingerprint density at radius 2 is 2.04 bits per heavy atom. The molecule has 4 aromatic rings. The summed E-state index contributed by atoms with van der Waals surface area (Å²) in [6.07, 6.45) is 0.0925. The number of hydrogen-bond acceptors (Lipinski definition) is 5. The summed E-state index contributed by atoms with van der Waals surface area (Å²) in [6, 6.07) is 14.3. The molecule has 0 unspecified atom stereocenters. The Labute approximate surface area is 153 Å².